The Bertz CT molecular complexity index is 623. The fraction of sp³-hybridized carbons (Fsp3) is 0.263. The summed E-state index contributed by atoms with van der Waals surface area (Å²) < 4.78 is 11.6. The maximum absolute atomic E-state index is 5.92. The van der Waals surface area contributed by atoms with E-state index in [1.54, 1.807) is 0 Å². The third-order valence-corrected chi connectivity index (χ3v) is 4.00. The maximum Gasteiger partial charge on any atom is 0.183 e. The van der Waals surface area contributed by atoms with Gasteiger partial charge in [0.25, 0.3) is 0 Å². The van der Waals surface area contributed by atoms with Crippen LogP contribution in [0.4, 0.5) is 0 Å². The zero-order valence-corrected chi connectivity index (χ0v) is 13.3. The van der Waals surface area contributed by atoms with Gasteiger partial charge >= 0.3 is 0 Å². The fourth-order valence-corrected chi connectivity index (χ4v) is 2.69. The number of allylic oxidation sites excluding steroid dienone is 1. The molecule has 0 bridgehead atoms. The predicted molar refractivity (Wildman–Crippen MR) is 89.8 cm³/mol. The lowest BCUT2D eigenvalue weighted by Crippen LogP contribution is -2.25. The van der Waals surface area contributed by atoms with Crippen LogP contribution in [0.15, 0.2) is 60.7 Å². The first kappa shape index (κ1) is 15.3. The Kier molecular flexibility index (Phi) is 4.94. The molecule has 1 heterocycles. The molecule has 0 saturated carbocycles. The van der Waals surface area contributed by atoms with Gasteiger partial charge in [-0.2, -0.15) is 0 Å². The van der Waals surface area contributed by atoms with Gasteiger partial charge in [0, 0.05) is 16.5 Å². The summed E-state index contributed by atoms with van der Waals surface area (Å²) in [6, 6.07) is 16.1. The highest BCUT2D eigenvalue weighted by Gasteiger charge is 2.21. The molecular formula is C19H19ClO2. The summed E-state index contributed by atoms with van der Waals surface area (Å²) in [5.41, 5.74) is 3.36. The van der Waals surface area contributed by atoms with Crippen LogP contribution in [0.25, 0.3) is 11.1 Å². The molecule has 114 valence electrons. The molecule has 2 aromatic rings. The summed E-state index contributed by atoms with van der Waals surface area (Å²) in [6.45, 7) is 3.42. The first-order chi connectivity index (χ1) is 10.8. The van der Waals surface area contributed by atoms with E-state index in [9.17, 15) is 0 Å². The molecular weight excluding hydrogens is 296 g/mol. The molecule has 1 aliphatic heterocycles. The molecule has 22 heavy (non-hydrogen) atoms. The van der Waals surface area contributed by atoms with E-state index < -0.39 is 0 Å². The van der Waals surface area contributed by atoms with E-state index in [4.69, 9.17) is 21.1 Å². The second kappa shape index (κ2) is 7.10. The minimum Gasteiger partial charge on any atom is -0.348 e. The summed E-state index contributed by atoms with van der Waals surface area (Å²) in [6.07, 6.45) is 3.90. The van der Waals surface area contributed by atoms with E-state index in [0.29, 0.717) is 19.1 Å². The van der Waals surface area contributed by atoms with Crippen LogP contribution in [0.1, 0.15) is 18.8 Å². The molecule has 3 heteroatoms. The molecule has 2 nitrogen and oxygen atoms in total. The molecule has 1 aliphatic rings. The molecule has 3 rings (SSSR count). The van der Waals surface area contributed by atoms with Crippen LogP contribution >= 0.6 is 11.6 Å². The second-order valence-electron chi connectivity index (χ2n) is 5.41. The Labute approximate surface area is 136 Å². The summed E-state index contributed by atoms with van der Waals surface area (Å²) >= 11 is 5.92. The molecule has 0 aliphatic carbocycles. The van der Waals surface area contributed by atoms with Crippen molar-refractivity contribution in [3.8, 4) is 11.1 Å². The number of ether oxygens (including phenoxy) is 2. The van der Waals surface area contributed by atoms with Crippen LogP contribution in [0.3, 0.4) is 0 Å². The van der Waals surface area contributed by atoms with E-state index in [1.807, 2.05) is 37.3 Å². The molecule has 0 radical (unpaired) electrons. The average molecular weight is 315 g/mol. The Morgan fingerprint density at radius 3 is 2.00 bits per heavy atom. The normalized spacial score (nSPS) is 22.1. The van der Waals surface area contributed by atoms with Gasteiger partial charge in [-0.3, -0.25) is 0 Å². The number of hydrogen-bond donors (Lipinski definition) is 0. The molecule has 0 unspecified atom stereocenters. The van der Waals surface area contributed by atoms with Gasteiger partial charge in [-0.1, -0.05) is 60.2 Å². The van der Waals surface area contributed by atoms with Crippen molar-refractivity contribution in [2.75, 3.05) is 13.2 Å². The van der Waals surface area contributed by atoms with Crippen molar-refractivity contribution >= 4 is 11.6 Å². The highest BCUT2D eigenvalue weighted by molar-refractivity contribution is 6.30. The van der Waals surface area contributed by atoms with Gasteiger partial charge in [-0.05, 0) is 30.2 Å². The third-order valence-electron chi connectivity index (χ3n) is 3.75. The highest BCUT2D eigenvalue weighted by Crippen LogP contribution is 2.28. The van der Waals surface area contributed by atoms with Crippen molar-refractivity contribution in [1.82, 2.24) is 0 Å². The van der Waals surface area contributed by atoms with Crippen molar-refractivity contribution in [3.63, 3.8) is 0 Å². The Hall–Kier alpha value is -1.61. The molecule has 0 atom stereocenters. The standard InChI is InChI=1S/C19H19ClO2/c1-2-3-14-12-21-19(22-13-14)17-6-4-15(5-7-17)16-8-10-18(20)11-9-16/h2-11,14,19H,12-13H2,1H3/b3-2+/t14-,19-. The monoisotopic (exact) mass is 314 g/mol. The van der Waals surface area contributed by atoms with E-state index in [-0.39, 0.29) is 6.29 Å². The van der Waals surface area contributed by atoms with E-state index in [2.05, 4.69) is 30.3 Å². The second-order valence-corrected chi connectivity index (χ2v) is 5.85. The van der Waals surface area contributed by atoms with Gasteiger partial charge in [0.2, 0.25) is 0 Å². The van der Waals surface area contributed by atoms with Crippen molar-refractivity contribution in [2.45, 2.75) is 13.2 Å². The Balaban J connectivity index is 1.68. The van der Waals surface area contributed by atoms with Gasteiger partial charge < -0.3 is 9.47 Å². The predicted octanol–water partition coefficient (Wildman–Crippen LogP) is 5.24. The van der Waals surface area contributed by atoms with Crippen LogP contribution < -0.4 is 0 Å². The topological polar surface area (TPSA) is 18.5 Å². The lowest BCUT2D eigenvalue weighted by atomic mass is 10.0. The van der Waals surface area contributed by atoms with Crippen LogP contribution in [-0.4, -0.2) is 13.2 Å². The Morgan fingerprint density at radius 1 is 0.909 bits per heavy atom. The van der Waals surface area contributed by atoms with Crippen molar-refractivity contribution < 1.29 is 9.47 Å². The molecule has 0 aromatic heterocycles. The number of rotatable bonds is 3. The van der Waals surface area contributed by atoms with Gasteiger partial charge in [-0.25, -0.2) is 0 Å². The highest BCUT2D eigenvalue weighted by atomic mass is 35.5. The van der Waals surface area contributed by atoms with E-state index in [1.165, 1.54) is 0 Å². The molecule has 2 aromatic carbocycles. The van der Waals surface area contributed by atoms with Crippen LogP contribution in [-0.2, 0) is 9.47 Å². The Morgan fingerprint density at radius 2 is 1.45 bits per heavy atom. The minimum absolute atomic E-state index is 0.263. The van der Waals surface area contributed by atoms with Crippen molar-refractivity contribution in [1.29, 1.82) is 0 Å². The lowest BCUT2D eigenvalue weighted by molar-refractivity contribution is -0.197. The van der Waals surface area contributed by atoms with Gasteiger partial charge in [0.1, 0.15) is 0 Å². The summed E-state index contributed by atoms with van der Waals surface area (Å²) in [5.74, 6) is 0.356. The first-order valence-electron chi connectivity index (χ1n) is 7.48. The number of benzene rings is 2. The quantitative estimate of drug-likeness (QED) is 0.721. The third kappa shape index (κ3) is 3.58. The average Bonchev–Trinajstić information content (AvgIpc) is 2.57. The minimum atomic E-state index is -0.263. The van der Waals surface area contributed by atoms with Crippen LogP contribution in [0, 0.1) is 5.92 Å². The van der Waals surface area contributed by atoms with Crippen molar-refractivity contribution in [2.24, 2.45) is 5.92 Å². The zero-order valence-electron chi connectivity index (χ0n) is 12.5. The van der Waals surface area contributed by atoms with Gasteiger partial charge in [-0.15, -0.1) is 0 Å². The maximum atomic E-state index is 5.92. The zero-order chi connectivity index (χ0) is 15.4. The lowest BCUT2D eigenvalue weighted by Gasteiger charge is -2.28. The molecule has 1 fully saturated rings. The number of hydrogen-bond acceptors (Lipinski definition) is 2. The van der Waals surface area contributed by atoms with Gasteiger partial charge in [0.05, 0.1) is 13.2 Å². The SMILES string of the molecule is C/C=C/[C@H]1CO[C@H](c2ccc(-c3ccc(Cl)cc3)cc2)OC1. The largest absolute Gasteiger partial charge is 0.348 e. The molecule has 0 amide bonds. The summed E-state index contributed by atoms with van der Waals surface area (Å²) in [4.78, 5) is 0. The summed E-state index contributed by atoms with van der Waals surface area (Å²) in [7, 11) is 0. The molecule has 0 N–H and O–H groups in total. The fourth-order valence-electron chi connectivity index (χ4n) is 2.57. The summed E-state index contributed by atoms with van der Waals surface area (Å²) in [5, 5.41) is 0.750. The number of halogens is 1. The first-order valence-corrected chi connectivity index (χ1v) is 7.86. The van der Waals surface area contributed by atoms with Crippen molar-refractivity contribution in [3.05, 3.63) is 71.3 Å². The smallest absolute Gasteiger partial charge is 0.183 e. The van der Waals surface area contributed by atoms with Crippen LogP contribution in [0.2, 0.25) is 5.02 Å². The van der Waals surface area contributed by atoms with Gasteiger partial charge in [0.15, 0.2) is 6.29 Å². The molecule has 0 spiro atoms. The molecule has 1 saturated heterocycles. The van der Waals surface area contributed by atoms with E-state index >= 15 is 0 Å². The van der Waals surface area contributed by atoms with E-state index in [0.717, 1.165) is 21.7 Å². The van der Waals surface area contributed by atoms with Crippen LogP contribution in [0.5, 0.6) is 0 Å².